The van der Waals surface area contributed by atoms with Gasteiger partial charge < -0.3 is 5.32 Å². The van der Waals surface area contributed by atoms with E-state index >= 15 is 0 Å². The Bertz CT molecular complexity index is 283. The minimum Gasteiger partial charge on any atom is -0.303 e. The third-order valence-corrected chi connectivity index (χ3v) is 7.01. The predicted molar refractivity (Wildman–Crippen MR) is 82.3 cm³/mol. The molecule has 1 saturated carbocycles. The van der Waals surface area contributed by atoms with Gasteiger partial charge in [0.15, 0.2) is 0 Å². The quantitative estimate of drug-likeness (QED) is 0.676. The van der Waals surface area contributed by atoms with Crippen molar-refractivity contribution in [3.63, 3.8) is 0 Å². The molecule has 3 N–H and O–H groups in total. The van der Waals surface area contributed by atoms with Crippen molar-refractivity contribution < 1.29 is 0 Å². The van der Waals surface area contributed by atoms with Gasteiger partial charge in [-0.15, -0.1) is 0 Å². The Morgan fingerprint density at radius 3 is 3.00 bits per heavy atom. The first kappa shape index (κ1) is 13.7. The van der Waals surface area contributed by atoms with Gasteiger partial charge in [-0.1, -0.05) is 22.4 Å². The zero-order chi connectivity index (χ0) is 12.4. The number of halogens is 1. The Morgan fingerprint density at radius 1 is 1.28 bits per heavy atom. The Morgan fingerprint density at radius 2 is 2.22 bits per heavy atom. The highest BCUT2D eigenvalue weighted by molar-refractivity contribution is 9.09. The minimum atomic E-state index is 0.400. The van der Waals surface area contributed by atoms with Crippen LogP contribution in [0.3, 0.4) is 0 Å². The third kappa shape index (κ3) is 2.90. The zero-order valence-corrected chi connectivity index (χ0v) is 13.3. The van der Waals surface area contributed by atoms with Crippen LogP contribution in [0, 0.1) is 0 Å². The summed E-state index contributed by atoms with van der Waals surface area (Å²) in [6.45, 7) is 2.11. The lowest BCUT2D eigenvalue weighted by molar-refractivity contribution is 0.224. The maximum absolute atomic E-state index is 3.92. The van der Waals surface area contributed by atoms with E-state index in [1.54, 1.807) is 0 Å². The van der Waals surface area contributed by atoms with Gasteiger partial charge >= 0.3 is 0 Å². The molecule has 0 aromatic carbocycles. The van der Waals surface area contributed by atoms with E-state index in [1.165, 1.54) is 44.3 Å². The topological polar surface area (TPSA) is 36.1 Å². The molecule has 0 aromatic heterocycles. The largest absolute Gasteiger partial charge is 0.303 e. The highest BCUT2D eigenvalue weighted by Gasteiger charge is 2.44. The SMILES string of the molecule is BrC1CCCC(NC2NCNCC23CCCS3)C1. The average Bonchev–Trinajstić information content (AvgIpc) is 2.82. The van der Waals surface area contributed by atoms with Crippen molar-refractivity contribution in [2.24, 2.45) is 0 Å². The van der Waals surface area contributed by atoms with Crippen molar-refractivity contribution in [2.45, 2.75) is 60.3 Å². The molecular formula is C13H24BrN3S. The molecule has 0 aromatic rings. The number of hydrogen-bond acceptors (Lipinski definition) is 4. The summed E-state index contributed by atoms with van der Waals surface area (Å²) in [5, 5.41) is 11.1. The van der Waals surface area contributed by atoms with E-state index in [9.17, 15) is 0 Å². The molecule has 3 aliphatic rings. The molecule has 1 aliphatic carbocycles. The number of hydrogen-bond donors (Lipinski definition) is 3. The summed E-state index contributed by atoms with van der Waals surface area (Å²) in [7, 11) is 0. The Balaban J connectivity index is 1.62. The first-order valence-corrected chi connectivity index (χ1v) is 9.17. The van der Waals surface area contributed by atoms with Gasteiger partial charge in [0.2, 0.25) is 0 Å². The molecule has 4 unspecified atom stereocenters. The highest BCUT2D eigenvalue weighted by Crippen LogP contribution is 2.41. The monoisotopic (exact) mass is 333 g/mol. The number of nitrogens with one attached hydrogen (secondary N) is 3. The van der Waals surface area contributed by atoms with Crippen molar-refractivity contribution in [3.05, 3.63) is 0 Å². The van der Waals surface area contributed by atoms with E-state index in [2.05, 4.69) is 43.6 Å². The molecule has 2 heterocycles. The van der Waals surface area contributed by atoms with Crippen LogP contribution >= 0.6 is 27.7 Å². The van der Waals surface area contributed by atoms with E-state index in [4.69, 9.17) is 0 Å². The van der Waals surface area contributed by atoms with Crippen LogP contribution in [0.25, 0.3) is 0 Å². The molecule has 18 heavy (non-hydrogen) atoms. The van der Waals surface area contributed by atoms with Crippen LogP contribution in [0.4, 0.5) is 0 Å². The molecular weight excluding hydrogens is 310 g/mol. The maximum atomic E-state index is 3.92. The molecule has 5 heteroatoms. The molecule has 3 fully saturated rings. The van der Waals surface area contributed by atoms with Gasteiger partial charge in [0, 0.05) is 24.1 Å². The summed E-state index contributed by atoms with van der Waals surface area (Å²) in [6, 6.07) is 0.691. The summed E-state index contributed by atoms with van der Waals surface area (Å²) in [4.78, 5) is 0.720. The second-order valence-corrected chi connectivity index (χ2v) is 8.69. The lowest BCUT2D eigenvalue weighted by Gasteiger charge is -2.44. The fourth-order valence-corrected chi connectivity index (χ4v) is 5.83. The number of alkyl halides is 1. The molecule has 0 radical (unpaired) electrons. The van der Waals surface area contributed by atoms with Gasteiger partial charge in [0.05, 0.1) is 10.9 Å². The summed E-state index contributed by atoms with van der Waals surface area (Å²) in [5.41, 5.74) is 0. The smallest absolute Gasteiger partial charge is 0.0747 e. The number of rotatable bonds is 2. The molecule has 3 nitrogen and oxygen atoms in total. The first-order chi connectivity index (χ1) is 8.78. The van der Waals surface area contributed by atoms with E-state index in [0.717, 1.165) is 18.0 Å². The molecule has 0 amide bonds. The fourth-order valence-electron chi connectivity index (χ4n) is 3.55. The molecule has 4 atom stereocenters. The van der Waals surface area contributed by atoms with E-state index in [1.807, 2.05) is 0 Å². The standard InChI is InChI=1S/C13H24BrN3S/c14-10-3-1-4-11(7-10)17-12-13(5-2-6-18-13)8-15-9-16-12/h10-12,15-17H,1-9H2. The van der Waals surface area contributed by atoms with E-state index < -0.39 is 0 Å². The molecule has 104 valence electrons. The first-order valence-electron chi connectivity index (χ1n) is 7.27. The van der Waals surface area contributed by atoms with Crippen molar-refractivity contribution >= 4 is 27.7 Å². The Kier molecular flexibility index (Phi) is 4.56. The van der Waals surface area contributed by atoms with Crippen molar-refractivity contribution in [1.82, 2.24) is 16.0 Å². The summed E-state index contributed by atoms with van der Waals surface area (Å²) >= 11 is 5.95. The van der Waals surface area contributed by atoms with Crippen molar-refractivity contribution in [2.75, 3.05) is 19.0 Å². The van der Waals surface area contributed by atoms with Crippen LogP contribution in [0.5, 0.6) is 0 Å². The molecule has 2 aliphatic heterocycles. The van der Waals surface area contributed by atoms with Gasteiger partial charge in [-0.2, -0.15) is 11.8 Å². The highest BCUT2D eigenvalue weighted by atomic mass is 79.9. The number of thioether (sulfide) groups is 1. The Hall–Kier alpha value is 0.710. The minimum absolute atomic E-state index is 0.400. The van der Waals surface area contributed by atoms with E-state index in [0.29, 0.717) is 17.0 Å². The van der Waals surface area contributed by atoms with E-state index in [-0.39, 0.29) is 0 Å². The van der Waals surface area contributed by atoms with Crippen LogP contribution in [-0.2, 0) is 0 Å². The van der Waals surface area contributed by atoms with Gasteiger partial charge in [0.25, 0.3) is 0 Å². The molecule has 2 saturated heterocycles. The van der Waals surface area contributed by atoms with Crippen molar-refractivity contribution in [3.8, 4) is 0 Å². The zero-order valence-electron chi connectivity index (χ0n) is 10.9. The van der Waals surface area contributed by atoms with Gasteiger partial charge in [-0.3, -0.25) is 10.6 Å². The second-order valence-electron chi connectivity index (χ2n) is 5.88. The van der Waals surface area contributed by atoms with Crippen molar-refractivity contribution in [1.29, 1.82) is 0 Å². The summed E-state index contributed by atoms with van der Waals surface area (Å²) in [6.07, 6.45) is 8.55. The van der Waals surface area contributed by atoms with Crippen LogP contribution in [-0.4, -0.2) is 40.7 Å². The summed E-state index contributed by atoms with van der Waals surface area (Å²) < 4.78 is 0.400. The van der Waals surface area contributed by atoms with Gasteiger partial charge in [-0.05, 0) is 37.9 Å². The average molecular weight is 334 g/mol. The maximum Gasteiger partial charge on any atom is 0.0747 e. The normalized spacial score (nSPS) is 45.5. The second kappa shape index (κ2) is 6.00. The Labute approximate surface area is 123 Å². The molecule has 3 rings (SSSR count). The lowest BCUT2D eigenvalue weighted by atomic mass is 9.92. The fraction of sp³-hybridized carbons (Fsp3) is 1.00. The molecule has 1 spiro atoms. The van der Waals surface area contributed by atoms with Gasteiger partial charge in [0.1, 0.15) is 0 Å². The molecule has 0 bridgehead atoms. The van der Waals surface area contributed by atoms with Crippen LogP contribution in [0.1, 0.15) is 38.5 Å². The van der Waals surface area contributed by atoms with Gasteiger partial charge in [-0.25, -0.2) is 0 Å². The predicted octanol–water partition coefficient (Wildman–Crippen LogP) is 2.02. The lowest BCUT2D eigenvalue weighted by Crippen LogP contribution is -2.67. The van der Waals surface area contributed by atoms with Crippen LogP contribution in [0.15, 0.2) is 0 Å². The third-order valence-electron chi connectivity index (χ3n) is 4.53. The summed E-state index contributed by atoms with van der Waals surface area (Å²) in [5.74, 6) is 1.33. The van der Waals surface area contributed by atoms with Crippen LogP contribution < -0.4 is 16.0 Å². The van der Waals surface area contributed by atoms with Crippen LogP contribution in [0.2, 0.25) is 0 Å².